The lowest BCUT2D eigenvalue weighted by molar-refractivity contribution is -0.147. The first-order valence-electron chi connectivity index (χ1n) is 13.2. The Kier molecular flexibility index (Phi) is 7.43. The van der Waals surface area contributed by atoms with Gasteiger partial charge in [0, 0.05) is 38.4 Å². The van der Waals surface area contributed by atoms with Crippen LogP contribution in [0.1, 0.15) is 80.1 Å². The standard InChI is InChI=1S/C29H39NO7/c1-19(31)34-25-22-10-14-28(5,6)37-29(22)13-8-7-9-21(29)18-23(25)35-24(32)17-20-11-15-30(16-12-20)26(33)36-27(2,3)4/h7-9,18,20H,10-17H2,1-6H3. The van der Waals surface area contributed by atoms with Crippen LogP contribution in [0.15, 0.2) is 47.0 Å². The summed E-state index contributed by atoms with van der Waals surface area (Å²) in [5.74, 6) is -0.221. The Morgan fingerprint density at radius 2 is 1.84 bits per heavy atom. The van der Waals surface area contributed by atoms with E-state index in [4.69, 9.17) is 18.9 Å². The molecule has 2 fully saturated rings. The van der Waals surface area contributed by atoms with Crippen LogP contribution < -0.4 is 0 Å². The number of piperidine rings is 1. The van der Waals surface area contributed by atoms with E-state index in [2.05, 4.69) is 13.8 Å². The second-order valence-corrected chi connectivity index (χ2v) is 11.9. The number of rotatable bonds is 4. The van der Waals surface area contributed by atoms with E-state index < -0.39 is 17.2 Å². The largest absolute Gasteiger partial charge is 0.444 e. The molecule has 1 amide bonds. The lowest BCUT2D eigenvalue weighted by atomic mass is 9.71. The minimum Gasteiger partial charge on any atom is -0.444 e. The van der Waals surface area contributed by atoms with Gasteiger partial charge in [0.1, 0.15) is 11.2 Å². The van der Waals surface area contributed by atoms with Crippen molar-refractivity contribution in [3.8, 4) is 0 Å². The number of likely N-dealkylation sites (tertiary alicyclic amines) is 1. The number of carbonyl (C=O) groups is 3. The quantitative estimate of drug-likeness (QED) is 0.362. The monoisotopic (exact) mass is 513 g/mol. The van der Waals surface area contributed by atoms with Crippen molar-refractivity contribution >= 4 is 18.0 Å². The van der Waals surface area contributed by atoms with E-state index in [9.17, 15) is 14.4 Å². The number of allylic oxidation sites excluding steroid dienone is 2. The van der Waals surface area contributed by atoms with Gasteiger partial charge in [0.15, 0.2) is 11.5 Å². The third-order valence-electron chi connectivity index (χ3n) is 7.17. The Balaban J connectivity index is 1.47. The van der Waals surface area contributed by atoms with Crippen LogP contribution in [0.3, 0.4) is 0 Å². The maximum absolute atomic E-state index is 13.0. The third kappa shape index (κ3) is 6.17. The molecule has 0 aromatic carbocycles. The molecule has 1 atom stereocenters. The van der Waals surface area contributed by atoms with E-state index in [0.29, 0.717) is 44.5 Å². The van der Waals surface area contributed by atoms with Gasteiger partial charge < -0.3 is 23.8 Å². The van der Waals surface area contributed by atoms with Gasteiger partial charge in [-0.1, -0.05) is 18.2 Å². The van der Waals surface area contributed by atoms with E-state index in [-0.39, 0.29) is 35.8 Å². The van der Waals surface area contributed by atoms with Crippen molar-refractivity contribution in [2.45, 2.75) is 96.9 Å². The molecule has 37 heavy (non-hydrogen) atoms. The molecule has 2 heterocycles. The Morgan fingerprint density at radius 3 is 2.49 bits per heavy atom. The molecule has 0 bridgehead atoms. The van der Waals surface area contributed by atoms with E-state index in [1.54, 1.807) is 11.0 Å². The van der Waals surface area contributed by atoms with Crippen molar-refractivity contribution < 1.29 is 33.3 Å². The molecule has 2 aliphatic carbocycles. The molecule has 0 radical (unpaired) electrons. The van der Waals surface area contributed by atoms with Gasteiger partial charge in [0.2, 0.25) is 0 Å². The predicted octanol–water partition coefficient (Wildman–Crippen LogP) is 5.50. The summed E-state index contributed by atoms with van der Waals surface area (Å²) in [5, 5.41) is 0. The first-order valence-corrected chi connectivity index (χ1v) is 13.2. The summed E-state index contributed by atoms with van der Waals surface area (Å²) >= 11 is 0. The predicted molar refractivity (Wildman–Crippen MR) is 137 cm³/mol. The molecule has 8 heteroatoms. The highest BCUT2D eigenvalue weighted by molar-refractivity contribution is 5.74. The van der Waals surface area contributed by atoms with Crippen LogP contribution in [0, 0.1) is 5.92 Å². The minimum absolute atomic E-state index is 0.0925. The molecule has 0 saturated carbocycles. The Labute approximate surface area is 219 Å². The van der Waals surface area contributed by atoms with E-state index >= 15 is 0 Å². The summed E-state index contributed by atoms with van der Waals surface area (Å²) in [5.41, 5.74) is 0.118. The van der Waals surface area contributed by atoms with Gasteiger partial charge in [-0.15, -0.1) is 0 Å². The van der Waals surface area contributed by atoms with Gasteiger partial charge in [-0.25, -0.2) is 4.79 Å². The minimum atomic E-state index is -0.730. The summed E-state index contributed by atoms with van der Waals surface area (Å²) < 4.78 is 23.6. The molecule has 1 spiro atoms. The van der Waals surface area contributed by atoms with E-state index in [1.165, 1.54) is 6.92 Å². The number of amides is 1. The number of esters is 2. The average Bonchev–Trinajstić information content (AvgIpc) is 2.77. The zero-order valence-electron chi connectivity index (χ0n) is 22.8. The van der Waals surface area contributed by atoms with Gasteiger partial charge >= 0.3 is 18.0 Å². The molecule has 4 aliphatic rings. The van der Waals surface area contributed by atoms with Gasteiger partial charge in [-0.2, -0.15) is 0 Å². The molecule has 0 aromatic heterocycles. The fourth-order valence-electron chi connectivity index (χ4n) is 5.46. The second kappa shape index (κ2) is 10.1. The highest BCUT2D eigenvalue weighted by atomic mass is 16.6. The smallest absolute Gasteiger partial charge is 0.410 e. The second-order valence-electron chi connectivity index (χ2n) is 11.9. The van der Waals surface area contributed by atoms with Crippen molar-refractivity contribution in [1.82, 2.24) is 4.90 Å². The average molecular weight is 514 g/mol. The van der Waals surface area contributed by atoms with Crippen LogP contribution in [0.5, 0.6) is 0 Å². The Morgan fingerprint density at radius 1 is 1.14 bits per heavy atom. The summed E-state index contributed by atoms with van der Waals surface area (Å²) in [6.07, 6.45) is 11.1. The van der Waals surface area contributed by atoms with Gasteiger partial charge in [0.25, 0.3) is 0 Å². The van der Waals surface area contributed by atoms with Crippen LogP contribution in [-0.4, -0.2) is 52.8 Å². The fraction of sp³-hybridized carbons (Fsp3) is 0.621. The number of nitrogens with zero attached hydrogens (tertiary/aromatic N) is 1. The van der Waals surface area contributed by atoms with Crippen LogP contribution in [0.25, 0.3) is 0 Å². The van der Waals surface area contributed by atoms with E-state index in [0.717, 1.165) is 17.6 Å². The molecular weight excluding hydrogens is 474 g/mol. The lowest BCUT2D eigenvalue weighted by Crippen LogP contribution is -2.50. The molecule has 8 nitrogen and oxygen atoms in total. The molecule has 0 N–H and O–H groups in total. The molecule has 0 aromatic rings. The van der Waals surface area contributed by atoms with Gasteiger partial charge in [-0.05, 0) is 77.9 Å². The van der Waals surface area contributed by atoms with Crippen molar-refractivity contribution in [3.05, 3.63) is 47.0 Å². The van der Waals surface area contributed by atoms with Crippen molar-refractivity contribution in [3.63, 3.8) is 0 Å². The molecular formula is C29H39NO7. The Hall–Kier alpha value is -2.87. The van der Waals surface area contributed by atoms with E-state index in [1.807, 2.05) is 39.0 Å². The molecule has 2 aliphatic heterocycles. The number of hydrogen-bond donors (Lipinski definition) is 0. The zero-order valence-corrected chi connectivity index (χ0v) is 22.8. The number of ether oxygens (including phenoxy) is 4. The SMILES string of the molecule is CC(=O)OC1=C2CCC(C)(C)OC23CC=CC=C3C=C1OC(=O)CC1CCN(C(=O)OC(C)(C)C)CC1. The lowest BCUT2D eigenvalue weighted by Gasteiger charge is -2.50. The van der Waals surface area contributed by atoms with Crippen LogP contribution in [0.2, 0.25) is 0 Å². The first kappa shape index (κ1) is 27.2. The first-order chi connectivity index (χ1) is 17.3. The highest BCUT2D eigenvalue weighted by Gasteiger charge is 2.51. The van der Waals surface area contributed by atoms with Crippen LogP contribution >= 0.6 is 0 Å². The maximum Gasteiger partial charge on any atom is 0.410 e. The molecule has 2 saturated heterocycles. The number of carbonyl (C=O) groups excluding carboxylic acids is 3. The van der Waals surface area contributed by atoms with Gasteiger partial charge in [-0.3, -0.25) is 9.59 Å². The Bertz CT molecular complexity index is 1080. The normalized spacial score (nSPS) is 25.4. The number of hydrogen-bond acceptors (Lipinski definition) is 7. The maximum atomic E-state index is 13.0. The summed E-state index contributed by atoms with van der Waals surface area (Å²) in [6, 6.07) is 0. The van der Waals surface area contributed by atoms with Crippen molar-refractivity contribution in [2.75, 3.05) is 13.1 Å². The topological polar surface area (TPSA) is 91.4 Å². The van der Waals surface area contributed by atoms with Crippen LogP contribution in [-0.2, 0) is 28.5 Å². The molecule has 202 valence electrons. The highest BCUT2D eigenvalue weighted by Crippen LogP contribution is 2.52. The van der Waals surface area contributed by atoms with Crippen molar-refractivity contribution in [1.29, 1.82) is 0 Å². The third-order valence-corrected chi connectivity index (χ3v) is 7.17. The van der Waals surface area contributed by atoms with Gasteiger partial charge in [0.05, 0.1) is 5.60 Å². The summed E-state index contributed by atoms with van der Waals surface area (Å²) in [4.78, 5) is 39.1. The molecule has 4 rings (SSSR count). The zero-order chi connectivity index (χ0) is 27.0. The summed E-state index contributed by atoms with van der Waals surface area (Å²) in [6.45, 7) is 12.1. The summed E-state index contributed by atoms with van der Waals surface area (Å²) in [7, 11) is 0. The van der Waals surface area contributed by atoms with Crippen molar-refractivity contribution in [2.24, 2.45) is 5.92 Å². The fourth-order valence-corrected chi connectivity index (χ4v) is 5.46. The molecule has 1 unspecified atom stereocenters. The van der Waals surface area contributed by atoms with Crippen LogP contribution in [0.4, 0.5) is 4.79 Å².